The van der Waals surface area contributed by atoms with Crippen molar-refractivity contribution in [2.45, 2.75) is 77.6 Å². The smallest absolute Gasteiger partial charge is 0.0284 e. The largest absolute Gasteiger partial charge is 0.0654 e. The second-order valence-corrected chi connectivity index (χ2v) is 9.53. The van der Waals surface area contributed by atoms with Crippen LogP contribution in [0.1, 0.15) is 104 Å². The molecule has 1 aliphatic rings. The van der Waals surface area contributed by atoms with Gasteiger partial charge in [-0.15, -0.1) is 0 Å². The van der Waals surface area contributed by atoms with Crippen molar-refractivity contribution in [1.82, 2.24) is 0 Å². The van der Waals surface area contributed by atoms with Crippen LogP contribution in [0.2, 0.25) is 0 Å². The fraction of sp³-hybridized carbons (Fsp3) is 0.353. The molecule has 0 heterocycles. The van der Waals surface area contributed by atoms with E-state index in [0.29, 0.717) is 5.92 Å². The van der Waals surface area contributed by atoms with Crippen LogP contribution < -0.4 is 0 Å². The maximum atomic E-state index is 3.44. The molecule has 0 bridgehead atoms. The van der Waals surface area contributed by atoms with Crippen molar-refractivity contribution in [3.63, 3.8) is 0 Å². The van der Waals surface area contributed by atoms with E-state index in [1.165, 1.54) is 68.1 Å². The summed E-state index contributed by atoms with van der Waals surface area (Å²) in [6.07, 6.45) is 11.2. The Balaban J connectivity index is 1.44. The summed E-state index contributed by atoms with van der Waals surface area (Å²) in [7, 11) is 0. The van der Waals surface area contributed by atoms with E-state index < -0.39 is 0 Å². The highest BCUT2D eigenvalue weighted by molar-refractivity contribution is 5.53. The van der Waals surface area contributed by atoms with Gasteiger partial charge in [0.05, 0.1) is 0 Å². The number of hydrogen-bond donors (Lipinski definition) is 0. The van der Waals surface area contributed by atoms with Gasteiger partial charge in [-0.1, -0.05) is 87.5 Å². The first-order valence-corrected chi connectivity index (χ1v) is 13.1. The lowest BCUT2D eigenvalue weighted by molar-refractivity contribution is 0.667. The Labute approximate surface area is 206 Å². The summed E-state index contributed by atoms with van der Waals surface area (Å²) in [5.41, 5.74) is 8.57. The van der Waals surface area contributed by atoms with Crippen molar-refractivity contribution in [3.8, 4) is 23.7 Å². The highest BCUT2D eigenvalue weighted by Crippen LogP contribution is 2.41. The summed E-state index contributed by atoms with van der Waals surface area (Å²) in [6.45, 7) is 4.47. The van der Waals surface area contributed by atoms with Crippen molar-refractivity contribution in [2.24, 2.45) is 0 Å². The molecule has 0 heteroatoms. The molecule has 1 aliphatic carbocycles. The van der Waals surface area contributed by atoms with E-state index in [1.54, 1.807) is 0 Å². The fourth-order valence-corrected chi connectivity index (χ4v) is 4.32. The minimum Gasteiger partial charge on any atom is -0.0654 e. The van der Waals surface area contributed by atoms with Gasteiger partial charge < -0.3 is 0 Å². The van der Waals surface area contributed by atoms with E-state index >= 15 is 0 Å². The Morgan fingerprint density at radius 2 is 1.18 bits per heavy atom. The molecule has 3 aromatic carbocycles. The van der Waals surface area contributed by atoms with Gasteiger partial charge in [-0.25, -0.2) is 0 Å². The molecule has 0 radical (unpaired) electrons. The predicted octanol–water partition coefficient (Wildman–Crippen LogP) is 8.44. The van der Waals surface area contributed by atoms with E-state index in [1.807, 2.05) is 0 Å². The average molecular weight is 445 g/mol. The molecule has 172 valence electrons. The molecule has 0 atom stereocenters. The van der Waals surface area contributed by atoms with Crippen LogP contribution in [0.15, 0.2) is 66.7 Å². The van der Waals surface area contributed by atoms with Gasteiger partial charge in [0, 0.05) is 22.3 Å². The zero-order chi connectivity index (χ0) is 23.6. The van der Waals surface area contributed by atoms with Gasteiger partial charge in [-0.2, -0.15) is 0 Å². The van der Waals surface area contributed by atoms with Gasteiger partial charge in [0.15, 0.2) is 0 Å². The van der Waals surface area contributed by atoms with Crippen LogP contribution >= 0.6 is 0 Å². The average Bonchev–Trinajstić information content (AvgIpc) is 3.72. The molecule has 0 aromatic heterocycles. The normalized spacial score (nSPS) is 12.4. The van der Waals surface area contributed by atoms with Crippen molar-refractivity contribution >= 4 is 0 Å². The molecule has 4 rings (SSSR count). The lowest BCUT2D eigenvalue weighted by Gasteiger charge is -2.04. The Bertz CT molecular complexity index is 1180. The predicted molar refractivity (Wildman–Crippen MR) is 145 cm³/mol. The third-order valence-electron chi connectivity index (χ3n) is 6.53. The van der Waals surface area contributed by atoms with Crippen LogP contribution in [-0.2, 0) is 12.8 Å². The highest BCUT2D eigenvalue weighted by Gasteiger charge is 2.25. The number of benzene rings is 3. The number of aryl methyl sites for hydroxylation is 2. The summed E-state index contributed by atoms with van der Waals surface area (Å²) in [5.74, 6) is 14.2. The van der Waals surface area contributed by atoms with Crippen molar-refractivity contribution in [3.05, 3.63) is 106 Å². The monoisotopic (exact) mass is 444 g/mol. The number of rotatable bonds is 8. The van der Waals surface area contributed by atoms with Crippen molar-refractivity contribution in [1.29, 1.82) is 0 Å². The first-order chi connectivity index (χ1) is 16.7. The number of unbranched alkanes of at least 4 members (excludes halogenated alkanes) is 3. The topological polar surface area (TPSA) is 0 Å². The maximum absolute atomic E-state index is 3.44. The van der Waals surface area contributed by atoms with Gasteiger partial charge in [-0.3, -0.25) is 0 Å². The standard InChI is InChI=1S/C34H36/c1-3-5-6-7-9-28-12-16-29(17-13-28)18-19-31-21-23-32(34(26-31)33-24-25-33)22-20-30-14-10-27(8-4-2)11-15-30/h10-17,21,23,26,33H,3-9,24-25H2,1-2H3. The summed E-state index contributed by atoms with van der Waals surface area (Å²) in [4.78, 5) is 0. The van der Waals surface area contributed by atoms with Gasteiger partial charge >= 0.3 is 0 Å². The molecule has 0 aliphatic heterocycles. The van der Waals surface area contributed by atoms with Crippen molar-refractivity contribution in [2.75, 3.05) is 0 Å². The Morgan fingerprint density at radius 3 is 1.79 bits per heavy atom. The lowest BCUT2D eigenvalue weighted by Crippen LogP contribution is -1.90. The molecule has 1 saturated carbocycles. The minimum absolute atomic E-state index is 0.643. The maximum Gasteiger partial charge on any atom is 0.0284 e. The van der Waals surface area contributed by atoms with Crippen LogP contribution in [0.5, 0.6) is 0 Å². The van der Waals surface area contributed by atoms with E-state index in [9.17, 15) is 0 Å². The summed E-state index contributed by atoms with van der Waals surface area (Å²) in [5, 5.41) is 0. The molecule has 0 saturated heterocycles. The molecule has 3 aromatic rings. The van der Waals surface area contributed by atoms with Crippen LogP contribution in [-0.4, -0.2) is 0 Å². The van der Waals surface area contributed by atoms with E-state index in [2.05, 4.69) is 104 Å². The van der Waals surface area contributed by atoms with Gasteiger partial charge in [0.2, 0.25) is 0 Å². The Kier molecular flexibility index (Phi) is 8.65. The van der Waals surface area contributed by atoms with E-state index in [0.717, 1.165) is 28.7 Å². The molecule has 0 unspecified atom stereocenters. The van der Waals surface area contributed by atoms with Crippen LogP contribution in [0.25, 0.3) is 0 Å². The first-order valence-electron chi connectivity index (χ1n) is 13.1. The quantitative estimate of drug-likeness (QED) is 0.241. The summed E-state index contributed by atoms with van der Waals surface area (Å²) >= 11 is 0. The zero-order valence-electron chi connectivity index (χ0n) is 20.8. The molecule has 0 N–H and O–H groups in total. The second-order valence-electron chi connectivity index (χ2n) is 9.53. The third-order valence-corrected chi connectivity index (χ3v) is 6.53. The van der Waals surface area contributed by atoms with Crippen LogP contribution in [0.4, 0.5) is 0 Å². The lowest BCUT2D eigenvalue weighted by atomic mass is 9.99. The van der Waals surface area contributed by atoms with Gasteiger partial charge in [0.1, 0.15) is 0 Å². The highest BCUT2D eigenvalue weighted by atomic mass is 14.3. The number of hydrogen-bond acceptors (Lipinski definition) is 0. The molecular weight excluding hydrogens is 408 g/mol. The molecule has 0 amide bonds. The SMILES string of the molecule is CCCCCCc1ccc(C#Cc2ccc(C#Cc3ccc(CCC)cc3)c(C3CC3)c2)cc1. The molecule has 0 spiro atoms. The van der Waals surface area contributed by atoms with Crippen molar-refractivity contribution < 1.29 is 0 Å². The molecule has 0 nitrogen and oxygen atoms in total. The molecule has 1 fully saturated rings. The second kappa shape index (κ2) is 12.3. The van der Waals surface area contributed by atoms with E-state index in [-0.39, 0.29) is 0 Å². The van der Waals surface area contributed by atoms with E-state index in [4.69, 9.17) is 0 Å². The Hall–Kier alpha value is -3.22. The summed E-state index contributed by atoms with van der Waals surface area (Å²) < 4.78 is 0. The zero-order valence-corrected chi connectivity index (χ0v) is 20.8. The first kappa shape index (κ1) is 23.9. The fourth-order valence-electron chi connectivity index (χ4n) is 4.32. The molecular formula is C34H36. The van der Waals surface area contributed by atoms with Gasteiger partial charge in [-0.05, 0) is 97.2 Å². The van der Waals surface area contributed by atoms with Crippen LogP contribution in [0.3, 0.4) is 0 Å². The van der Waals surface area contributed by atoms with Crippen LogP contribution in [0, 0.1) is 23.7 Å². The third kappa shape index (κ3) is 7.14. The minimum atomic E-state index is 0.643. The summed E-state index contributed by atoms with van der Waals surface area (Å²) in [6, 6.07) is 24.0. The molecule has 34 heavy (non-hydrogen) atoms. The van der Waals surface area contributed by atoms with Gasteiger partial charge in [0.25, 0.3) is 0 Å². The Morgan fingerprint density at radius 1 is 0.588 bits per heavy atom.